The van der Waals surface area contributed by atoms with Gasteiger partial charge in [0.2, 0.25) is 0 Å². The first-order chi connectivity index (χ1) is 12.7. The first-order valence-corrected chi connectivity index (χ1v) is 9.84. The number of hydrogen-bond acceptors (Lipinski definition) is 4. The maximum atomic E-state index is 12.2. The predicted octanol–water partition coefficient (Wildman–Crippen LogP) is 2.93. The van der Waals surface area contributed by atoms with Crippen LogP contribution in [0.15, 0.2) is 48.5 Å². The molecule has 2 aromatic carbocycles. The fourth-order valence-electron chi connectivity index (χ4n) is 2.75. The van der Waals surface area contributed by atoms with Crippen molar-refractivity contribution in [1.82, 2.24) is 10.2 Å². The smallest absolute Gasteiger partial charge is 0.251 e. The second-order valence-corrected chi connectivity index (χ2v) is 7.39. The maximum Gasteiger partial charge on any atom is 0.251 e. The molecule has 1 heterocycles. The Kier molecular flexibility index (Phi) is 7.28. The third-order valence-corrected chi connectivity index (χ3v) is 4.96. The molecule has 1 N–H and O–H groups in total. The van der Waals surface area contributed by atoms with Crippen molar-refractivity contribution in [2.24, 2.45) is 0 Å². The van der Waals surface area contributed by atoms with Gasteiger partial charge in [-0.3, -0.25) is 9.69 Å². The minimum absolute atomic E-state index is 0.0694. The topological polar surface area (TPSA) is 50.8 Å². The molecular formula is C20H23IN2O3. The summed E-state index contributed by atoms with van der Waals surface area (Å²) in [6, 6.07) is 15.4. The van der Waals surface area contributed by atoms with E-state index in [-0.39, 0.29) is 5.91 Å². The molecule has 0 bridgehead atoms. The van der Waals surface area contributed by atoms with Gasteiger partial charge in [0.15, 0.2) is 0 Å². The van der Waals surface area contributed by atoms with E-state index in [4.69, 9.17) is 9.47 Å². The normalized spacial score (nSPS) is 14.8. The Balaban J connectivity index is 1.45. The van der Waals surface area contributed by atoms with Gasteiger partial charge in [-0.15, -0.1) is 0 Å². The number of nitrogens with one attached hydrogen (secondary N) is 1. The minimum atomic E-state index is -0.0694. The number of nitrogens with zero attached hydrogens (tertiary/aromatic N) is 1. The molecule has 3 rings (SSSR count). The number of carbonyl (C=O) groups is 1. The maximum absolute atomic E-state index is 12.2. The molecule has 0 radical (unpaired) electrons. The van der Waals surface area contributed by atoms with Gasteiger partial charge in [0.05, 0.1) is 13.2 Å². The third kappa shape index (κ3) is 5.96. The van der Waals surface area contributed by atoms with Crippen LogP contribution in [0.5, 0.6) is 5.75 Å². The number of morpholine rings is 1. The molecule has 0 atom stereocenters. The lowest BCUT2D eigenvalue weighted by atomic mass is 10.2. The van der Waals surface area contributed by atoms with Crippen LogP contribution in [0.2, 0.25) is 0 Å². The molecule has 5 nitrogen and oxygen atoms in total. The van der Waals surface area contributed by atoms with Crippen LogP contribution in [0.25, 0.3) is 0 Å². The average molecular weight is 466 g/mol. The summed E-state index contributed by atoms with van der Waals surface area (Å²) >= 11 is 2.22. The predicted molar refractivity (Wildman–Crippen MR) is 110 cm³/mol. The highest BCUT2D eigenvalue weighted by Crippen LogP contribution is 2.14. The van der Waals surface area contributed by atoms with Gasteiger partial charge in [-0.1, -0.05) is 12.1 Å². The molecule has 6 heteroatoms. The summed E-state index contributed by atoms with van der Waals surface area (Å²) in [5, 5.41) is 2.95. The number of benzene rings is 2. The summed E-state index contributed by atoms with van der Waals surface area (Å²) in [4.78, 5) is 14.5. The molecule has 1 aliphatic heterocycles. The SMILES string of the molecule is O=C(NCc1cccc(OCCN2CCOCC2)c1)c1ccc(I)cc1. The van der Waals surface area contributed by atoms with Crippen LogP contribution in [-0.4, -0.2) is 50.3 Å². The van der Waals surface area contributed by atoms with E-state index in [1.807, 2.05) is 48.5 Å². The quantitative estimate of drug-likeness (QED) is 0.638. The Bertz CT molecular complexity index is 715. The van der Waals surface area contributed by atoms with Crippen LogP contribution >= 0.6 is 22.6 Å². The van der Waals surface area contributed by atoms with Crippen molar-refractivity contribution < 1.29 is 14.3 Å². The lowest BCUT2D eigenvalue weighted by Crippen LogP contribution is -2.38. The molecular weight excluding hydrogens is 443 g/mol. The van der Waals surface area contributed by atoms with Gasteiger partial charge < -0.3 is 14.8 Å². The number of rotatable bonds is 7. The van der Waals surface area contributed by atoms with Crippen molar-refractivity contribution in [3.05, 3.63) is 63.2 Å². The standard InChI is InChI=1S/C20H23IN2O3/c21-18-6-4-17(5-7-18)20(24)22-15-16-2-1-3-19(14-16)26-13-10-23-8-11-25-12-9-23/h1-7,14H,8-13,15H2,(H,22,24). The van der Waals surface area contributed by atoms with Crippen LogP contribution in [-0.2, 0) is 11.3 Å². The van der Waals surface area contributed by atoms with Crippen molar-refractivity contribution in [1.29, 1.82) is 0 Å². The molecule has 1 aliphatic rings. The van der Waals surface area contributed by atoms with Gasteiger partial charge in [-0.2, -0.15) is 0 Å². The largest absolute Gasteiger partial charge is 0.492 e. The second-order valence-electron chi connectivity index (χ2n) is 6.14. The van der Waals surface area contributed by atoms with Crippen LogP contribution in [0.4, 0.5) is 0 Å². The fourth-order valence-corrected chi connectivity index (χ4v) is 3.11. The van der Waals surface area contributed by atoms with E-state index in [1.165, 1.54) is 0 Å². The summed E-state index contributed by atoms with van der Waals surface area (Å²) in [5.74, 6) is 0.763. The van der Waals surface area contributed by atoms with E-state index in [9.17, 15) is 4.79 Å². The molecule has 138 valence electrons. The molecule has 1 fully saturated rings. The van der Waals surface area contributed by atoms with Gasteiger partial charge in [0.25, 0.3) is 5.91 Å². The van der Waals surface area contributed by atoms with E-state index < -0.39 is 0 Å². The highest BCUT2D eigenvalue weighted by atomic mass is 127. The Morgan fingerprint density at radius 1 is 1.15 bits per heavy atom. The minimum Gasteiger partial charge on any atom is -0.492 e. The molecule has 0 saturated carbocycles. The lowest BCUT2D eigenvalue weighted by Gasteiger charge is -2.26. The molecule has 0 aromatic heterocycles. The Morgan fingerprint density at radius 2 is 1.92 bits per heavy atom. The van der Waals surface area contributed by atoms with Gasteiger partial charge in [-0.05, 0) is 64.6 Å². The van der Waals surface area contributed by atoms with Gasteiger partial charge in [-0.25, -0.2) is 0 Å². The number of hydrogen-bond donors (Lipinski definition) is 1. The molecule has 26 heavy (non-hydrogen) atoms. The molecule has 1 saturated heterocycles. The third-order valence-electron chi connectivity index (χ3n) is 4.24. The number of ether oxygens (including phenoxy) is 2. The number of halogens is 1. The summed E-state index contributed by atoms with van der Waals surface area (Å²) in [6.45, 7) is 5.56. The van der Waals surface area contributed by atoms with E-state index in [2.05, 4.69) is 32.8 Å². The lowest BCUT2D eigenvalue weighted by molar-refractivity contribution is 0.0322. The zero-order valence-corrected chi connectivity index (χ0v) is 16.8. The van der Waals surface area contributed by atoms with Crippen LogP contribution < -0.4 is 10.1 Å². The van der Waals surface area contributed by atoms with Crippen LogP contribution in [0, 0.1) is 3.57 Å². The van der Waals surface area contributed by atoms with E-state index in [1.54, 1.807) is 0 Å². The van der Waals surface area contributed by atoms with Crippen molar-refractivity contribution in [3.8, 4) is 5.75 Å². The summed E-state index contributed by atoms with van der Waals surface area (Å²) in [5.41, 5.74) is 1.69. The highest BCUT2D eigenvalue weighted by Gasteiger charge is 2.10. The van der Waals surface area contributed by atoms with Crippen molar-refractivity contribution in [2.45, 2.75) is 6.54 Å². The zero-order valence-electron chi connectivity index (χ0n) is 14.6. The van der Waals surface area contributed by atoms with Crippen molar-refractivity contribution >= 4 is 28.5 Å². The summed E-state index contributed by atoms with van der Waals surface area (Å²) in [6.07, 6.45) is 0. The fraction of sp³-hybridized carbons (Fsp3) is 0.350. The number of carbonyl (C=O) groups excluding carboxylic acids is 1. The number of amides is 1. The zero-order chi connectivity index (χ0) is 18.2. The van der Waals surface area contributed by atoms with E-state index in [0.717, 1.165) is 47.7 Å². The van der Waals surface area contributed by atoms with Gasteiger partial charge >= 0.3 is 0 Å². The summed E-state index contributed by atoms with van der Waals surface area (Å²) in [7, 11) is 0. The van der Waals surface area contributed by atoms with Crippen molar-refractivity contribution in [2.75, 3.05) is 39.5 Å². The van der Waals surface area contributed by atoms with Crippen LogP contribution in [0.3, 0.4) is 0 Å². The average Bonchev–Trinajstić information content (AvgIpc) is 2.68. The molecule has 2 aromatic rings. The highest BCUT2D eigenvalue weighted by molar-refractivity contribution is 14.1. The van der Waals surface area contributed by atoms with Crippen molar-refractivity contribution in [3.63, 3.8) is 0 Å². The molecule has 0 spiro atoms. The van der Waals surface area contributed by atoms with E-state index >= 15 is 0 Å². The van der Waals surface area contributed by atoms with E-state index in [0.29, 0.717) is 18.7 Å². The Morgan fingerprint density at radius 3 is 2.69 bits per heavy atom. The molecule has 1 amide bonds. The summed E-state index contributed by atoms with van der Waals surface area (Å²) < 4.78 is 12.3. The Labute approximate surface area is 167 Å². The first kappa shape index (κ1) is 19.1. The first-order valence-electron chi connectivity index (χ1n) is 8.76. The molecule has 0 aliphatic carbocycles. The van der Waals surface area contributed by atoms with Gasteiger partial charge in [0.1, 0.15) is 12.4 Å². The molecule has 0 unspecified atom stereocenters. The van der Waals surface area contributed by atoms with Gasteiger partial charge in [0, 0.05) is 35.3 Å². The van der Waals surface area contributed by atoms with Crippen LogP contribution in [0.1, 0.15) is 15.9 Å². The Hall–Kier alpha value is -1.64. The monoisotopic (exact) mass is 466 g/mol. The second kappa shape index (κ2) is 9.89.